The fourth-order valence-corrected chi connectivity index (χ4v) is 3.46. The predicted octanol–water partition coefficient (Wildman–Crippen LogP) is 2.06. The number of carbonyl (C=O) groups excluding carboxylic acids is 2. The van der Waals surface area contributed by atoms with Gasteiger partial charge in [0.15, 0.2) is 0 Å². The highest BCUT2D eigenvalue weighted by molar-refractivity contribution is 5.94. The molecule has 0 amide bonds. The van der Waals surface area contributed by atoms with Gasteiger partial charge in [0, 0.05) is 31.0 Å². The minimum Gasteiger partial charge on any atom is -0.464 e. The second kappa shape index (κ2) is 11.9. The molecule has 176 valence electrons. The van der Waals surface area contributed by atoms with E-state index in [-0.39, 0.29) is 37.5 Å². The van der Waals surface area contributed by atoms with Crippen molar-refractivity contribution in [2.45, 2.75) is 38.9 Å². The van der Waals surface area contributed by atoms with Crippen LogP contribution in [0.2, 0.25) is 0 Å². The van der Waals surface area contributed by atoms with Crippen LogP contribution in [0.1, 0.15) is 31.7 Å². The topological polar surface area (TPSA) is 141 Å². The molecule has 0 atom stereocenters. The summed E-state index contributed by atoms with van der Waals surface area (Å²) in [6, 6.07) is 7.57. The van der Waals surface area contributed by atoms with Gasteiger partial charge in [0.2, 0.25) is 5.95 Å². The molecule has 1 aliphatic rings. The molecule has 0 saturated carbocycles. The predicted molar refractivity (Wildman–Crippen MR) is 122 cm³/mol. The van der Waals surface area contributed by atoms with Crippen LogP contribution in [0.4, 0.5) is 5.95 Å². The summed E-state index contributed by atoms with van der Waals surface area (Å²) < 4.78 is 15.7. The molecule has 1 saturated heterocycles. The number of nitrogens with two attached hydrogens (primary N) is 1. The number of piperidine rings is 1. The Balaban J connectivity index is 1.52. The summed E-state index contributed by atoms with van der Waals surface area (Å²) in [4.78, 5) is 34.1. The van der Waals surface area contributed by atoms with E-state index in [1.54, 1.807) is 19.3 Å². The first-order chi connectivity index (χ1) is 15.9. The molecule has 10 nitrogen and oxygen atoms in total. The van der Waals surface area contributed by atoms with Crippen LogP contribution >= 0.6 is 0 Å². The van der Waals surface area contributed by atoms with E-state index in [0.29, 0.717) is 12.6 Å². The number of benzene rings is 1. The van der Waals surface area contributed by atoms with Gasteiger partial charge in [-0.15, -0.1) is 0 Å². The SMILES string of the molecule is CCOC(=O)COC1CCN(c2ncc(-c3cccc(COC(=O)CC(=N)N)c3)cn2)CC1. The van der Waals surface area contributed by atoms with Gasteiger partial charge in [-0.25, -0.2) is 14.8 Å². The van der Waals surface area contributed by atoms with E-state index in [4.69, 9.17) is 25.4 Å². The van der Waals surface area contributed by atoms with Crippen LogP contribution in [-0.4, -0.2) is 60.1 Å². The minimum atomic E-state index is -0.532. The van der Waals surface area contributed by atoms with Crippen molar-refractivity contribution in [2.24, 2.45) is 5.73 Å². The zero-order valence-electron chi connectivity index (χ0n) is 18.7. The lowest BCUT2D eigenvalue weighted by atomic mass is 10.1. The third kappa shape index (κ3) is 7.53. The molecule has 3 rings (SSSR count). The number of nitrogens with zero attached hydrogens (tertiary/aromatic N) is 3. The van der Waals surface area contributed by atoms with Crippen LogP contribution < -0.4 is 10.6 Å². The van der Waals surface area contributed by atoms with E-state index in [1.165, 1.54) is 0 Å². The third-order valence-corrected chi connectivity index (χ3v) is 5.10. The number of aromatic nitrogens is 2. The molecule has 0 spiro atoms. The summed E-state index contributed by atoms with van der Waals surface area (Å²) in [5, 5.41) is 7.14. The Morgan fingerprint density at radius 1 is 1.12 bits per heavy atom. The lowest BCUT2D eigenvalue weighted by Gasteiger charge is -2.31. The second-order valence-electron chi connectivity index (χ2n) is 7.64. The monoisotopic (exact) mass is 455 g/mol. The quantitative estimate of drug-likeness (QED) is 0.313. The Hall–Kier alpha value is -3.53. The van der Waals surface area contributed by atoms with E-state index in [2.05, 4.69) is 14.9 Å². The van der Waals surface area contributed by atoms with Gasteiger partial charge >= 0.3 is 11.9 Å². The molecule has 2 heterocycles. The molecule has 1 fully saturated rings. The number of hydrogen-bond donors (Lipinski definition) is 2. The summed E-state index contributed by atoms with van der Waals surface area (Å²) in [6.07, 6.45) is 4.92. The highest BCUT2D eigenvalue weighted by Crippen LogP contribution is 2.23. The largest absolute Gasteiger partial charge is 0.464 e. The molecule has 2 aromatic rings. The molecule has 0 aliphatic carbocycles. The highest BCUT2D eigenvalue weighted by Gasteiger charge is 2.22. The van der Waals surface area contributed by atoms with Crippen LogP contribution in [-0.2, 0) is 30.4 Å². The summed E-state index contributed by atoms with van der Waals surface area (Å²) in [7, 11) is 0. The maximum Gasteiger partial charge on any atom is 0.332 e. The molecule has 0 bridgehead atoms. The molecule has 1 aromatic carbocycles. The van der Waals surface area contributed by atoms with Crippen molar-refractivity contribution >= 4 is 23.7 Å². The van der Waals surface area contributed by atoms with Gasteiger partial charge in [-0.3, -0.25) is 10.2 Å². The number of carbonyl (C=O) groups is 2. The molecule has 3 N–H and O–H groups in total. The maximum absolute atomic E-state index is 11.6. The van der Waals surface area contributed by atoms with Crippen molar-refractivity contribution in [1.82, 2.24) is 9.97 Å². The molecule has 10 heteroatoms. The third-order valence-electron chi connectivity index (χ3n) is 5.10. The van der Waals surface area contributed by atoms with Crippen molar-refractivity contribution in [2.75, 3.05) is 31.2 Å². The Morgan fingerprint density at radius 3 is 2.52 bits per heavy atom. The van der Waals surface area contributed by atoms with E-state index in [0.717, 1.165) is 42.6 Å². The van der Waals surface area contributed by atoms with Crippen molar-refractivity contribution in [1.29, 1.82) is 5.41 Å². The second-order valence-corrected chi connectivity index (χ2v) is 7.64. The number of amidine groups is 1. The van der Waals surface area contributed by atoms with Crippen LogP contribution in [0.15, 0.2) is 36.7 Å². The first kappa shape index (κ1) is 24.1. The summed E-state index contributed by atoms with van der Waals surface area (Å²) in [5.74, 6) is -0.441. The lowest BCUT2D eigenvalue weighted by Crippen LogP contribution is -2.38. The zero-order valence-corrected chi connectivity index (χ0v) is 18.7. The lowest BCUT2D eigenvalue weighted by molar-refractivity contribution is -0.151. The number of esters is 2. The minimum absolute atomic E-state index is 0.0152. The first-order valence-corrected chi connectivity index (χ1v) is 10.9. The van der Waals surface area contributed by atoms with Crippen LogP contribution in [0, 0.1) is 5.41 Å². The van der Waals surface area contributed by atoms with Gasteiger partial charge in [-0.2, -0.15) is 0 Å². The fraction of sp³-hybridized carbons (Fsp3) is 0.435. The van der Waals surface area contributed by atoms with Crippen LogP contribution in [0.3, 0.4) is 0 Å². The number of anilines is 1. The summed E-state index contributed by atoms with van der Waals surface area (Å²) in [6.45, 7) is 3.70. The van der Waals surface area contributed by atoms with Crippen LogP contribution in [0.5, 0.6) is 0 Å². The maximum atomic E-state index is 11.6. The Morgan fingerprint density at radius 2 is 1.85 bits per heavy atom. The standard InChI is InChI=1S/C23H29N5O5/c1-2-31-22(30)15-32-19-6-8-28(9-7-19)23-26-12-18(13-27-23)17-5-3-4-16(10-17)14-33-21(29)11-20(24)25/h3-5,10,12-13,19H,2,6-9,11,14-15H2,1H3,(H3,24,25). The number of hydrogen-bond acceptors (Lipinski definition) is 9. The number of nitrogens with one attached hydrogen (secondary N) is 1. The van der Waals surface area contributed by atoms with E-state index < -0.39 is 5.97 Å². The van der Waals surface area contributed by atoms with Gasteiger partial charge in [0.05, 0.1) is 12.7 Å². The van der Waals surface area contributed by atoms with Crippen LogP contribution in [0.25, 0.3) is 11.1 Å². The normalized spacial score (nSPS) is 14.0. The average molecular weight is 456 g/mol. The average Bonchev–Trinajstić information content (AvgIpc) is 2.82. The van der Waals surface area contributed by atoms with Crippen molar-refractivity contribution < 1.29 is 23.8 Å². The summed E-state index contributed by atoms with van der Waals surface area (Å²) in [5.41, 5.74) is 7.79. The molecular formula is C23H29N5O5. The molecule has 33 heavy (non-hydrogen) atoms. The first-order valence-electron chi connectivity index (χ1n) is 10.9. The molecule has 0 unspecified atom stereocenters. The van der Waals surface area contributed by atoms with E-state index in [9.17, 15) is 9.59 Å². The van der Waals surface area contributed by atoms with Crippen molar-refractivity contribution in [3.63, 3.8) is 0 Å². The van der Waals surface area contributed by atoms with Gasteiger partial charge in [-0.1, -0.05) is 18.2 Å². The smallest absolute Gasteiger partial charge is 0.332 e. The molecular weight excluding hydrogens is 426 g/mol. The van der Waals surface area contributed by atoms with Crippen molar-refractivity contribution in [3.8, 4) is 11.1 Å². The van der Waals surface area contributed by atoms with Gasteiger partial charge in [0.1, 0.15) is 25.5 Å². The van der Waals surface area contributed by atoms with Gasteiger partial charge in [-0.05, 0) is 37.0 Å². The Kier molecular flexibility index (Phi) is 8.71. The van der Waals surface area contributed by atoms with Crippen molar-refractivity contribution in [3.05, 3.63) is 42.2 Å². The fourth-order valence-electron chi connectivity index (χ4n) is 3.46. The number of ether oxygens (including phenoxy) is 3. The Bertz CT molecular complexity index is 958. The van der Waals surface area contributed by atoms with Gasteiger partial charge < -0.3 is 24.8 Å². The summed E-state index contributed by atoms with van der Waals surface area (Å²) >= 11 is 0. The van der Waals surface area contributed by atoms with E-state index in [1.807, 2.05) is 24.3 Å². The highest BCUT2D eigenvalue weighted by atomic mass is 16.6. The molecule has 1 aliphatic heterocycles. The Labute approximate surface area is 192 Å². The number of rotatable bonds is 10. The molecule has 1 aromatic heterocycles. The van der Waals surface area contributed by atoms with E-state index >= 15 is 0 Å². The van der Waals surface area contributed by atoms with Gasteiger partial charge in [0.25, 0.3) is 0 Å². The molecule has 0 radical (unpaired) electrons. The zero-order chi connectivity index (χ0) is 23.6.